The van der Waals surface area contributed by atoms with E-state index in [0.717, 1.165) is 44.1 Å². The van der Waals surface area contributed by atoms with Crippen molar-refractivity contribution in [2.24, 2.45) is 17.8 Å². The Morgan fingerprint density at radius 1 is 0.929 bits per heavy atom. The molecule has 0 saturated carbocycles. The lowest BCUT2D eigenvalue weighted by atomic mass is 9.79. The molecule has 0 aliphatic carbocycles. The number of esters is 1. The zero-order chi connectivity index (χ0) is 39.6. The van der Waals surface area contributed by atoms with E-state index in [1.165, 1.54) is 6.92 Å². The highest BCUT2D eigenvalue weighted by molar-refractivity contribution is 5.79. The van der Waals surface area contributed by atoms with Gasteiger partial charge in [-0.2, -0.15) is 0 Å². The van der Waals surface area contributed by atoms with Crippen LogP contribution in [0.25, 0.3) is 0 Å². The first-order chi connectivity index (χ1) is 26.6. The predicted molar refractivity (Wildman–Crippen MR) is 204 cm³/mol. The number of rotatable bonds is 4. The number of hydrogen-bond donors (Lipinski definition) is 3. The van der Waals surface area contributed by atoms with Gasteiger partial charge in [-0.05, 0) is 95.1 Å². The van der Waals surface area contributed by atoms with Crippen molar-refractivity contribution in [2.45, 2.75) is 209 Å². The van der Waals surface area contributed by atoms with Crippen molar-refractivity contribution in [3.05, 3.63) is 36.0 Å². The van der Waals surface area contributed by atoms with Crippen LogP contribution in [0.15, 0.2) is 36.0 Å². The highest BCUT2D eigenvalue weighted by Crippen LogP contribution is 2.48. The quantitative estimate of drug-likeness (QED) is 0.237. The van der Waals surface area contributed by atoms with Crippen molar-refractivity contribution < 1.29 is 58.0 Å². The molecule has 56 heavy (non-hydrogen) atoms. The first kappa shape index (κ1) is 41.0. The third-order valence-corrected chi connectivity index (χ3v) is 14.2. The Balaban J connectivity index is 1.05. The maximum atomic E-state index is 14.2. The molecule has 12 heteroatoms. The van der Waals surface area contributed by atoms with Crippen LogP contribution in [0.3, 0.4) is 0 Å². The number of hydrogen-bond acceptors (Lipinski definition) is 12. The number of fused-ring (bicyclic) bond motifs is 3. The van der Waals surface area contributed by atoms with Crippen LogP contribution in [-0.2, 0) is 42.7 Å². The SMILES string of the molecule is C=C1[C@H]2OC(=O)[C@](C)(O)C[C@@H]3CC[C@@H](O)[C@@]4(C=C(C)C[C@H](O4)[C@H](C)/C=C/[C@H]4CC[C@@]5(CC[C@@H](O[C@@H]1[C@@H](O)C[C@H](C)[C@H]1O[C@@]6(CCCCO6)CC[C@H]1C)[C@H]2O5)O4)O3. The van der Waals surface area contributed by atoms with Gasteiger partial charge in [-0.25, -0.2) is 4.79 Å². The summed E-state index contributed by atoms with van der Waals surface area (Å²) in [4.78, 5) is 14.2. The molecule has 8 rings (SSSR count). The van der Waals surface area contributed by atoms with Gasteiger partial charge in [0.1, 0.15) is 18.3 Å². The van der Waals surface area contributed by atoms with Crippen LogP contribution in [-0.4, -0.2) is 112 Å². The average Bonchev–Trinajstić information content (AvgIpc) is 3.55. The van der Waals surface area contributed by atoms with Gasteiger partial charge in [0.2, 0.25) is 5.79 Å². The Bertz CT molecular complexity index is 1520. The summed E-state index contributed by atoms with van der Waals surface area (Å²) in [5.41, 5.74) is -0.541. The van der Waals surface area contributed by atoms with Crippen LogP contribution in [0.2, 0.25) is 0 Å². The molecule has 0 aromatic carbocycles. The summed E-state index contributed by atoms with van der Waals surface area (Å²) in [5.74, 6) is -3.43. The predicted octanol–water partition coefficient (Wildman–Crippen LogP) is 5.69. The lowest BCUT2D eigenvalue weighted by Crippen LogP contribution is -2.62. The number of carbonyl (C=O) groups excluding carboxylic acids is 1. The van der Waals surface area contributed by atoms with E-state index < -0.39 is 71.7 Å². The van der Waals surface area contributed by atoms with Crippen molar-refractivity contribution in [3.63, 3.8) is 0 Å². The van der Waals surface area contributed by atoms with Crippen molar-refractivity contribution in [2.75, 3.05) is 6.61 Å². The van der Waals surface area contributed by atoms with Gasteiger partial charge in [0.25, 0.3) is 0 Å². The van der Waals surface area contributed by atoms with E-state index in [1.807, 2.05) is 13.0 Å². The van der Waals surface area contributed by atoms with Gasteiger partial charge in [0.05, 0.1) is 43.2 Å². The molecule has 0 aromatic rings. The zero-order valence-corrected chi connectivity index (χ0v) is 34.1. The van der Waals surface area contributed by atoms with Crippen LogP contribution >= 0.6 is 0 Å². The van der Waals surface area contributed by atoms with E-state index >= 15 is 0 Å². The number of ether oxygens (including phenoxy) is 8. The summed E-state index contributed by atoms with van der Waals surface area (Å²) >= 11 is 0. The molecule has 3 N–H and O–H groups in total. The van der Waals surface area contributed by atoms with Crippen molar-refractivity contribution in [3.8, 4) is 0 Å². The van der Waals surface area contributed by atoms with E-state index in [0.29, 0.717) is 63.0 Å². The van der Waals surface area contributed by atoms with Gasteiger partial charge < -0.3 is 53.2 Å². The van der Waals surface area contributed by atoms with Crippen LogP contribution in [0, 0.1) is 17.8 Å². The third kappa shape index (κ3) is 7.98. The summed E-state index contributed by atoms with van der Waals surface area (Å²) in [7, 11) is 0. The smallest absolute Gasteiger partial charge is 0.338 e. The Labute approximate surface area is 332 Å². The molecule has 6 saturated heterocycles. The molecule has 8 aliphatic heterocycles. The van der Waals surface area contributed by atoms with Gasteiger partial charge >= 0.3 is 5.97 Å². The minimum Gasteiger partial charge on any atom is -0.453 e. The molecule has 8 aliphatic rings. The minimum atomic E-state index is -1.97. The summed E-state index contributed by atoms with van der Waals surface area (Å²) in [6.45, 7) is 14.9. The first-order valence-electron chi connectivity index (χ1n) is 21.6. The Hall–Kier alpha value is -1.71. The normalized spacial score (nSPS) is 50.2. The fraction of sp³-hybridized carbons (Fsp3) is 0.841. The Morgan fingerprint density at radius 3 is 2.50 bits per heavy atom. The topological polar surface area (TPSA) is 152 Å². The van der Waals surface area contributed by atoms with Crippen molar-refractivity contribution in [1.29, 1.82) is 0 Å². The molecule has 6 bridgehead atoms. The average molecular weight is 787 g/mol. The second-order valence-corrected chi connectivity index (χ2v) is 18.9. The second kappa shape index (κ2) is 15.7. The van der Waals surface area contributed by atoms with E-state index in [-0.39, 0.29) is 36.6 Å². The van der Waals surface area contributed by atoms with E-state index in [2.05, 4.69) is 39.5 Å². The minimum absolute atomic E-state index is 0.0133. The van der Waals surface area contributed by atoms with Gasteiger partial charge in [0.15, 0.2) is 23.3 Å². The van der Waals surface area contributed by atoms with Crippen LogP contribution in [0.5, 0.6) is 0 Å². The Kier molecular flexibility index (Phi) is 11.5. The molecular weight excluding hydrogens is 720 g/mol. The standard InChI is InChI=1S/C44H66O12/c1-25-21-34-26(2)9-10-30-14-18-43(52-30)19-15-33-39(56-43)38(51-40(47)41(6,48)24-31-11-12-35(46)44(23-25,53-31)54-34)29(5)37(50-33)32(45)22-28(4)36-27(3)13-17-42(55-36)16-7-8-20-49-42/h9-10,23,26-28,30-39,45-46,48H,5,7-8,11-22,24H2,1-4,6H3/b10-9+/t26-,27-,28+,30+,31+,32+,33-,34+,35-,36+,37+,38-,39-,41-,42+,43-,44+/m1/s1. The van der Waals surface area contributed by atoms with Crippen molar-refractivity contribution >= 4 is 5.97 Å². The van der Waals surface area contributed by atoms with Crippen molar-refractivity contribution in [1.82, 2.24) is 0 Å². The van der Waals surface area contributed by atoms with E-state index in [4.69, 9.17) is 37.9 Å². The molecule has 12 nitrogen and oxygen atoms in total. The monoisotopic (exact) mass is 786 g/mol. The van der Waals surface area contributed by atoms with Crippen LogP contribution < -0.4 is 0 Å². The van der Waals surface area contributed by atoms with Gasteiger partial charge in [0, 0.05) is 38.0 Å². The molecule has 3 spiro atoms. The molecule has 0 amide bonds. The summed E-state index contributed by atoms with van der Waals surface area (Å²) in [5, 5.41) is 35.1. The number of aliphatic hydroxyl groups is 3. The highest BCUT2D eigenvalue weighted by Gasteiger charge is 2.57. The number of aliphatic hydroxyl groups excluding tert-OH is 2. The van der Waals surface area contributed by atoms with E-state index in [9.17, 15) is 20.1 Å². The first-order valence-corrected chi connectivity index (χ1v) is 21.6. The van der Waals surface area contributed by atoms with Crippen LogP contribution in [0.1, 0.15) is 125 Å². The summed E-state index contributed by atoms with van der Waals surface area (Å²) in [6.07, 6.45) is 9.11. The molecule has 17 atom stereocenters. The van der Waals surface area contributed by atoms with Gasteiger partial charge in [-0.1, -0.05) is 45.1 Å². The lowest BCUT2D eigenvalue weighted by Gasteiger charge is -2.51. The number of carbonyl (C=O) groups is 1. The molecule has 6 fully saturated rings. The molecule has 0 unspecified atom stereocenters. The molecular formula is C44H66O12. The fourth-order valence-corrected chi connectivity index (χ4v) is 10.9. The van der Waals surface area contributed by atoms with Crippen LogP contribution in [0.4, 0.5) is 0 Å². The van der Waals surface area contributed by atoms with E-state index in [1.54, 1.807) is 0 Å². The largest absolute Gasteiger partial charge is 0.453 e. The van der Waals surface area contributed by atoms with Gasteiger partial charge in [-0.3, -0.25) is 0 Å². The summed E-state index contributed by atoms with van der Waals surface area (Å²) in [6, 6.07) is 0. The highest BCUT2D eigenvalue weighted by atomic mass is 16.7. The lowest BCUT2D eigenvalue weighted by molar-refractivity contribution is -0.324. The fourth-order valence-electron chi connectivity index (χ4n) is 10.9. The van der Waals surface area contributed by atoms with Gasteiger partial charge in [-0.15, -0.1) is 0 Å². The molecule has 0 aromatic heterocycles. The molecule has 0 radical (unpaired) electrons. The zero-order valence-electron chi connectivity index (χ0n) is 34.1. The molecule has 314 valence electrons. The Morgan fingerprint density at radius 2 is 1.71 bits per heavy atom. The second-order valence-electron chi connectivity index (χ2n) is 18.9. The maximum Gasteiger partial charge on any atom is 0.338 e. The maximum absolute atomic E-state index is 14.2. The summed E-state index contributed by atoms with van der Waals surface area (Å²) < 4.78 is 52.5. The molecule has 8 heterocycles. The third-order valence-electron chi connectivity index (χ3n) is 14.2.